The van der Waals surface area contributed by atoms with Crippen LogP contribution in [0.1, 0.15) is 45.3 Å². The predicted octanol–water partition coefficient (Wildman–Crippen LogP) is 3.44. The molecule has 0 aliphatic rings. The van der Waals surface area contributed by atoms with E-state index in [0.29, 0.717) is 5.01 Å². The van der Waals surface area contributed by atoms with E-state index >= 15 is 0 Å². The Morgan fingerprint density at radius 2 is 1.76 bits per heavy atom. The van der Waals surface area contributed by atoms with Crippen molar-refractivity contribution in [2.24, 2.45) is 0 Å². The number of benzene rings is 1. The van der Waals surface area contributed by atoms with Gasteiger partial charge in [0.15, 0.2) is 0 Å². The van der Waals surface area contributed by atoms with E-state index in [4.69, 9.17) is 9.47 Å². The molecule has 0 aliphatic heterocycles. The Kier molecular flexibility index (Phi) is 6.56. The summed E-state index contributed by atoms with van der Waals surface area (Å²) < 4.78 is 10.1. The first-order chi connectivity index (χ1) is 14.0. The molecule has 1 N–H and O–H groups in total. The molecular formula is C21H20N2O5S. The third-order valence-electron chi connectivity index (χ3n) is 4.04. The summed E-state index contributed by atoms with van der Waals surface area (Å²) in [6.45, 7) is 3.57. The fourth-order valence-electron chi connectivity index (χ4n) is 2.84. The van der Waals surface area contributed by atoms with Crippen LogP contribution in [0.3, 0.4) is 0 Å². The maximum atomic E-state index is 12.6. The quantitative estimate of drug-likeness (QED) is 0.597. The lowest BCUT2D eigenvalue weighted by Crippen LogP contribution is -2.23. The highest BCUT2D eigenvalue weighted by Crippen LogP contribution is 2.24. The second-order valence-corrected chi connectivity index (χ2v) is 6.95. The molecule has 3 rings (SSSR count). The number of ether oxygens (including phenoxy) is 2. The molecule has 0 fully saturated rings. The van der Waals surface area contributed by atoms with Crippen LogP contribution in [0.25, 0.3) is 11.3 Å². The number of hydrogen-bond acceptors (Lipinski definition) is 7. The minimum Gasteiger partial charge on any atom is -0.462 e. The number of carbonyl (C=O) groups is 2. The molecule has 2 aromatic heterocycles. The lowest BCUT2D eigenvalue weighted by Gasteiger charge is -2.12. The number of nitrogens with one attached hydrogen (secondary N) is 1. The van der Waals surface area contributed by atoms with E-state index in [9.17, 15) is 14.4 Å². The van der Waals surface area contributed by atoms with Gasteiger partial charge in [-0.1, -0.05) is 30.3 Å². The minimum atomic E-state index is -0.744. The molecule has 0 bridgehead atoms. The SMILES string of the molecule is CCOC(=O)c1cc(=O)[nH]c(Cc2nc(-c3ccccc3)cs2)c1C(=O)OCC. The molecule has 0 amide bonds. The highest BCUT2D eigenvalue weighted by molar-refractivity contribution is 7.10. The standard InChI is InChI=1S/C21H20N2O5S/c1-3-27-20(25)14-10-17(24)22-15(19(14)21(26)28-4-2)11-18-23-16(12-29-18)13-8-6-5-7-9-13/h5-10,12H,3-4,11H2,1-2H3,(H,22,24). The number of hydrogen-bond donors (Lipinski definition) is 1. The van der Waals surface area contributed by atoms with Gasteiger partial charge in [0.1, 0.15) is 0 Å². The van der Waals surface area contributed by atoms with E-state index < -0.39 is 17.5 Å². The summed E-state index contributed by atoms with van der Waals surface area (Å²) in [4.78, 5) is 44.3. The maximum absolute atomic E-state index is 12.6. The van der Waals surface area contributed by atoms with Crippen molar-refractivity contribution in [1.29, 1.82) is 0 Å². The van der Waals surface area contributed by atoms with Crippen molar-refractivity contribution in [3.8, 4) is 11.3 Å². The first-order valence-electron chi connectivity index (χ1n) is 9.13. The smallest absolute Gasteiger partial charge is 0.340 e. The van der Waals surface area contributed by atoms with Crippen LogP contribution < -0.4 is 5.56 Å². The Labute approximate surface area is 171 Å². The monoisotopic (exact) mass is 412 g/mol. The highest BCUT2D eigenvalue weighted by atomic mass is 32.1. The van der Waals surface area contributed by atoms with Gasteiger partial charge in [-0.25, -0.2) is 14.6 Å². The van der Waals surface area contributed by atoms with Gasteiger partial charge in [0.05, 0.1) is 35.0 Å². The molecule has 0 spiro atoms. The zero-order chi connectivity index (χ0) is 20.8. The number of esters is 2. The Hall–Kier alpha value is -3.26. The molecule has 1 aromatic carbocycles. The lowest BCUT2D eigenvalue weighted by molar-refractivity contribution is 0.0477. The van der Waals surface area contributed by atoms with Crippen LogP contribution in [0.2, 0.25) is 0 Å². The second-order valence-electron chi connectivity index (χ2n) is 6.01. The van der Waals surface area contributed by atoms with E-state index in [0.717, 1.165) is 17.3 Å². The van der Waals surface area contributed by atoms with Crippen molar-refractivity contribution in [1.82, 2.24) is 9.97 Å². The molecule has 0 atom stereocenters. The number of aromatic amines is 1. The van der Waals surface area contributed by atoms with E-state index in [1.165, 1.54) is 11.3 Å². The van der Waals surface area contributed by atoms with Gasteiger partial charge in [-0.15, -0.1) is 11.3 Å². The molecule has 29 heavy (non-hydrogen) atoms. The lowest BCUT2D eigenvalue weighted by atomic mass is 10.0. The molecule has 0 aliphatic carbocycles. The third-order valence-corrected chi connectivity index (χ3v) is 4.89. The predicted molar refractivity (Wildman–Crippen MR) is 109 cm³/mol. The number of rotatable bonds is 7. The summed E-state index contributed by atoms with van der Waals surface area (Å²) >= 11 is 1.40. The number of aromatic nitrogens is 2. The van der Waals surface area contributed by atoms with Gasteiger partial charge in [0.2, 0.25) is 5.56 Å². The first-order valence-corrected chi connectivity index (χ1v) is 10.0. The van der Waals surface area contributed by atoms with Crippen LogP contribution >= 0.6 is 11.3 Å². The highest BCUT2D eigenvalue weighted by Gasteiger charge is 2.25. The fraction of sp³-hybridized carbons (Fsp3) is 0.238. The summed E-state index contributed by atoms with van der Waals surface area (Å²) in [6, 6.07) is 10.7. The molecular weight excluding hydrogens is 392 g/mol. The van der Waals surface area contributed by atoms with Crippen molar-refractivity contribution < 1.29 is 19.1 Å². The molecule has 3 aromatic rings. The van der Waals surface area contributed by atoms with E-state index in [1.54, 1.807) is 13.8 Å². The normalized spacial score (nSPS) is 10.6. The zero-order valence-electron chi connectivity index (χ0n) is 16.1. The average Bonchev–Trinajstić information content (AvgIpc) is 3.17. The summed E-state index contributed by atoms with van der Waals surface area (Å²) in [7, 11) is 0. The Morgan fingerprint density at radius 3 is 2.45 bits per heavy atom. The second kappa shape index (κ2) is 9.29. The van der Waals surface area contributed by atoms with Crippen LogP contribution in [-0.4, -0.2) is 35.1 Å². The Morgan fingerprint density at radius 1 is 1.07 bits per heavy atom. The van der Waals surface area contributed by atoms with Gasteiger partial charge in [-0.2, -0.15) is 0 Å². The van der Waals surface area contributed by atoms with Crippen LogP contribution in [-0.2, 0) is 15.9 Å². The van der Waals surface area contributed by atoms with Gasteiger partial charge in [0.25, 0.3) is 0 Å². The fourth-order valence-corrected chi connectivity index (χ4v) is 3.65. The summed E-state index contributed by atoms with van der Waals surface area (Å²) in [5.41, 5.74) is 1.43. The average molecular weight is 412 g/mol. The van der Waals surface area contributed by atoms with Gasteiger partial charge in [-0.3, -0.25) is 4.79 Å². The van der Waals surface area contributed by atoms with Crippen molar-refractivity contribution >= 4 is 23.3 Å². The summed E-state index contributed by atoms with van der Waals surface area (Å²) in [5, 5.41) is 2.59. The molecule has 0 saturated heterocycles. The molecule has 0 saturated carbocycles. The topological polar surface area (TPSA) is 98.4 Å². The van der Waals surface area contributed by atoms with Gasteiger partial charge in [0, 0.05) is 29.1 Å². The van der Waals surface area contributed by atoms with Crippen molar-refractivity contribution in [3.05, 3.63) is 74.0 Å². The maximum Gasteiger partial charge on any atom is 0.340 e. The van der Waals surface area contributed by atoms with Gasteiger partial charge < -0.3 is 14.5 Å². The largest absolute Gasteiger partial charge is 0.462 e. The van der Waals surface area contributed by atoms with Crippen molar-refractivity contribution in [2.75, 3.05) is 13.2 Å². The van der Waals surface area contributed by atoms with E-state index in [-0.39, 0.29) is 36.5 Å². The number of pyridine rings is 1. The molecule has 0 unspecified atom stereocenters. The van der Waals surface area contributed by atoms with Crippen molar-refractivity contribution in [2.45, 2.75) is 20.3 Å². The summed E-state index contributed by atoms with van der Waals surface area (Å²) in [5.74, 6) is -1.44. The van der Waals surface area contributed by atoms with Crippen molar-refractivity contribution in [3.63, 3.8) is 0 Å². The molecule has 0 radical (unpaired) electrons. The first kappa shape index (κ1) is 20.5. The number of carbonyl (C=O) groups excluding carboxylic acids is 2. The van der Waals surface area contributed by atoms with Gasteiger partial charge in [-0.05, 0) is 13.8 Å². The molecule has 7 nitrogen and oxygen atoms in total. The Balaban J connectivity index is 2.02. The van der Waals surface area contributed by atoms with Crippen LogP contribution in [0, 0.1) is 0 Å². The molecule has 8 heteroatoms. The Bertz CT molecular complexity index is 1070. The minimum absolute atomic E-state index is 0.00126. The third kappa shape index (κ3) is 4.78. The zero-order valence-corrected chi connectivity index (χ0v) is 16.9. The number of H-pyrrole nitrogens is 1. The summed E-state index contributed by atoms with van der Waals surface area (Å²) in [6.07, 6.45) is 0.175. The number of nitrogens with zero attached hydrogens (tertiary/aromatic N) is 1. The molecule has 150 valence electrons. The number of thiazole rings is 1. The van der Waals surface area contributed by atoms with E-state index in [2.05, 4.69) is 9.97 Å². The van der Waals surface area contributed by atoms with Crippen LogP contribution in [0.15, 0.2) is 46.6 Å². The molecule has 2 heterocycles. The van der Waals surface area contributed by atoms with Crippen LogP contribution in [0.5, 0.6) is 0 Å². The van der Waals surface area contributed by atoms with Gasteiger partial charge >= 0.3 is 11.9 Å². The van der Waals surface area contributed by atoms with E-state index in [1.807, 2.05) is 35.7 Å². The van der Waals surface area contributed by atoms with Crippen LogP contribution in [0.4, 0.5) is 0 Å².